The van der Waals surface area contributed by atoms with Gasteiger partial charge >= 0.3 is 0 Å². The number of hydrogen-bond donors (Lipinski definition) is 2. The smallest absolute Gasteiger partial charge is 0.148 e. The number of rotatable bonds is 2. The van der Waals surface area contributed by atoms with Crippen LogP contribution in [0.15, 0.2) is 11.2 Å². The number of hydrogen-bond acceptors (Lipinski definition) is 6. The van der Waals surface area contributed by atoms with Crippen molar-refractivity contribution < 1.29 is 9.60 Å². The minimum atomic E-state index is -0.348. The third kappa shape index (κ3) is 2.52. The highest BCUT2D eigenvalue weighted by Crippen LogP contribution is 2.46. The normalized spacial score (nSPS) is 23.7. The van der Waals surface area contributed by atoms with Gasteiger partial charge in [-0.3, -0.25) is 5.84 Å². The highest BCUT2D eigenvalue weighted by atomic mass is 35.5. The van der Waals surface area contributed by atoms with Crippen molar-refractivity contribution >= 4 is 28.7 Å². The largest absolute Gasteiger partial charge is 0.411 e. The number of hydrazine groups is 1. The van der Waals surface area contributed by atoms with Crippen LogP contribution in [0.1, 0.15) is 24.8 Å². The molecule has 1 saturated carbocycles. The monoisotopic (exact) mass is 339 g/mol. The van der Waals surface area contributed by atoms with Gasteiger partial charge in [0.2, 0.25) is 0 Å². The second kappa shape index (κ2) is 5.51. The number of nitrogens with two attached hydrogens (primary N) is 1. The molecule has 3 N–H and O–H groups in total. The lowest BCUT2D eigenvalue weighted by atomic mass is 10.1. The van der Waals surface area contributed by atoms with Crippen LogP contribution in [0.4, 0.5) is 15.8 Å². The third-order valence-corrected chi connectivity index (χ3v) is 5.09. The van der Waals surface area contributed by atoms with Gasteiger partial charge in [-0.1, -0.05) is 16.8 Å². The van der Waals surface area contributed by atoms with Crippen molar-refractivity contribution in [2.75, 3.05) is 29.6 Å². The van der Waals surface area contributed by atoms with Crippen LogP contribution in [0.5, 0.6) is 0 Å². The first kappa shape index (κ1) is 15.0. The van der Waals surface area contributed by atoms with Gasteiger partial charge in [0.05, 0.1) is 35.3 Å². The fraction of sp³-hybridized carbons (Fsp3) is 0.533. The van der Waals surface area contributed by atoms with Crippen LogP contribution in [0.3, 0.4) is 0 Å². The van der Waals surface area contributed by atoms with Gasteiger partial charge in [0.25, 0.3) is 0 Å². The van der Waals surface area contributed by atoms with Gasteiger partial charge in [-0.2, -0.15) is 0 Å². The molecular formula is C15H19ClFN5O. The summed E-state index contributed by atoms with van der Waals surface area (Å²) in [5.41, 5.74) is 2.78. The van der Waals surface area contributed by atoms with E-state index in [0.29, 0.717) is 55.2 Å². The van der Waals surface area contributed by atoms with E-state index < -0.39 is 0 Å². The van der Waals surface area contributed by atoms with E-state index in [4.69, 9.17) is 22.7 Å². The molecule has 1 aliphatic carbocycles. The zero-order valence-corrected chi connectivity index (χ0v) is 13.4. The number of halogens is 2. The van der Waals surface area contributed by atoms with Gasteiger partial charge < -0.3 is 15.0 Å². The van der Waals surface area contributed by atoms with Gasteiger partial charge in [0.15, 0.2) is 0 Å². The van der Waals surface area contributed by atoms with Gasteiger partial charge in [-0.25, -0.2) is 9.40 Å². The SMILES string of the molecule is NN1Cc2cc(F)c(N3CCC(=NO)C3)c(Cl)c2N(C2CC2)C1. The Hall–Kier alpha value is -1.57. The molecule has 4 rings (SSSR count). The van der Waals surface area contributed by atoms with E-state index in [1.165, 1.54) is 0 Å². The van der Waals surface area contributed by atoms with E-state index in [-0.39, 0.29) is 5.82 Å². The molecule has 0 amide bonds. The molecule has 8 heteroatoms. The third-order valence-electron chi connectivity index (χ3n) is 4.73. The molecule has 3 aliphatic rings. The predicted molar refractivity (Wildman–Crippen MR) is 87.6 cm³/mol. The molecule has 2 fully saturated rings. The molecule has 1 saturated heterocycles. The Morgan fingerprint density at radius 2 is 2.09 bits per heavy atom. The molecule has 1 aromatic carbocycles. The Bertz CT molecular complexity index is 678. The minimum absolute atomic E-state index is 0.348. The number of benzene rings is 1. The van der Waals surface area contributed by atoms with Crippen LogP contribution >= 0.6 is 11.6 Å². The highest BCUT2D eigenvalue weighted by molar-refractivity contribution is 6.36. The summed E-state index contributed by atoms with van der Waals surface area (Å²) in [6, 6.07) is 1.98. The lowest BCUT2D eigenvalue weighted by molar-refractivity contribution is 0.258. The van der Waals surface area contributed by atoms with E-state index in [0.717, 1.165) is 24.1 Å². The molecule has 23 heavy (non-hydrogen) atoms. The van der Waals surface area contributed by atoms with Gasteiger partial charge in [0, 0.05) is 25.6 Å². The van der Waals surface area contributed by atoms with E-state index in [2.05, 4.69) is 10.1 Å². The van der Waals surface area contributed by atoms with Gasteiger partial charge in [0.1, 0.15) is 5.82 Å². The maximum atomic E-state index is 14.7. The van der Waals surface area contributed by atoms with E-state index >= 15 is 0 Å². The zero-order chi connectivity index (χ0) is 16.1. The van der Waals surface area contributed by atoms with Crippen molar-refractivity contribution in [2.45, 2.75) is 31.8 Å². The molecule has 2 heterocycles. The molecule has 6 nitrogen and oxygen atoms in total. The Kier molecular flexibility index (Phi) is 3.59. The van der Waals surface area contributed by atoms with Crippen molar-refractivity contribution in [3.8, 4) is 0 Å². The molecule has 0 aromatic heterocycles. The number of anilines is 2. The molecule has 0 bridgehead atoms. The van der Waals surface area contributed by atoms with Crippen LogP contribution in [0.25, 0.3) is 0 Å². The average Bonchev–Trinajstić information content (AvgIpc) is 3.25. The molecule has 0 spiro atoms. The summed E-state index contributed by atoms with van der Waals surface area (Å²) in [7, 11) is 0. The maximum absolute atomic E-state index is 14.7. The lowest BCUT2D eigenvalue weighted by Gasteiger charge is -2.38. The summed E-state index contributed by atoms with van der Waals surface area (Å²) in [6.45, 7) is 2.09. The Morgan fingerprint density at radius 3 is 2.74 bits per heavy atom. The zero-order valence-electron chi connectivity index (χ0n) is 12.7. The Labute approximate surface area is 138 Å². The summed E-state index contributed by atoms with van der Waals surface area (Å²) < 4.78 is 14.7. The minimum Gasteiger partial charge on any atom is -0.411 e. The quantitative estimate of drug-likeness (QED) is 0.491. The van der Waals surface area contributed by atoms with Crippen LogP contribution in [-0.2, 0) is 6.54 Å². The maximum Gasteiger partial charge on any atom is 0.148 e. The first-order valence-corrected chi connectivity index (χ1v) is 8.18. The van der Waals surface area contributed by atoms with Crippen LogP contribution < -0.4 is 15.6 Å². The molecule has 124 valence electrons. The Balaban J connectivity index is 1.78. The van der Waals surface area contributed by atoms with Crippen LogP contribution in [-0.4, -0.2) is 41.7 Å². The Morgan fingerprint density at radius 1 is 1.30 bits per heavy atom. The molecule has 0 atom stereocenters. The van der Waals surface area contributed by atoms with E-state index in [9.17, 15) is 4.39 Å². The fourth-order valence-electron chi connectivity index (χ4n) is 3.50. The van der Waals surface area contributed by atoms with Crippen molar-refractivity contribution in [3.05, 3.63) is 22.5 Å². The average molecular weight is 340 g/mol. The summed E-state index contributed by atoms with van der Waals surface area (Å²) in [4.78, 5) is 4.02. The van der Waals surface area contributed by atoms with Crippen molar-refractivity contribution in [3.63, 3.8) is 0 Å². The van der Waals surface area contributed by atoms with Crippen molar-refractivity contribution in [1.82, 2.24) is 5.01 Å². The summed E-state index contributed by atoms with van der Waals surface area (Å²) in [5, 5.41) is 14.3. The number of fused-ring (bicyclic) bond motifs is 1. The molecule has 1 aromatic rings. The van der Waals surface area contributed by atoms with Crippen LogP contribution in [0, 0.1) is 5.82 Å². The lowest BCUT2D eigenvalue weighted by Crippen LogP contribution is -2.47. The van der Waals surface area contributed by atoms with E-state index in [1.54, 1.807) is 11.1 Å². The van der Waals surface area contributed by atoms with Crippen molar-refractivity contribution in [2.24, 2.45) is 11.0 Å². The summed E-state index contributed by atoms with van der Waals surface area (Å²) in [5.74, 6) is 5.63. The molecule has 0 radical (unpaired) electrons. The van der Waals surface area contributed by atoms with Gasteiger partial charge in [-0.15, -0.1) is 0 Å². The van der Waals surface area contributed by atoms with E-state index in [1.807, 2.05) is 4.90 Å². The first-order chi connectivity index (χ1) is 11.1. The first-order valence-electron chi connectivity index (χ1n) is 7.80. The second-order valence-corrected chi connectivity index (χ2v) is 6.83. The molecule has 2 aliphatic heterocycles. The van der Waals surface area contributed by atoms with Gasteiger partial charge in [-0.05, 0) is 24.5 Å². The molecular weight excluding hydrogens is 321 g/mol. The highest BCUT2D eigenvalue weighted by Gasteiger charge is 2.37. The summed E-state index contributed by atoms with van der Waals surface area (Å²) in [6.07, 6.45) is 2.84. The van der Waals surface area contributed by atoms with Crippen molar-refractivity contribution in [1.29, 1.82) is 0 Å². The molecule has 0 unspecified atom stereocenters. The standard InChI is InChI=1S/C15H19ClFN5O/c16-13-14-9(6-21(18)8-22(14)11-1-2-11)5-12(17)15(13)20-4-3-10(7-20)19-23/h5,11,23H,1-4,6-8,18H2. The summed E-state index contributed by atoms with van der Waals surface area (Å²) >= 11 is 6.63. The van der Waals surface area contributed by atoms with Crippen LogP contribution in [0.2, 0.25) is 5.02 Å². The predicted octanol–water partition coefficient (Wildman–Crippen LogP) is 2.13. The number of oxime groups is 1. The topological polar surface area (TPSA) is 68.3 Å². The fourth-order valence-corrected chi connectivity index (χ4v) is 3.94. The second-order valence-electron chi connectivity index (χ2n) is 6.46. The number of nitrogens with zero attached hydrogens (tertiary/aromatic N) is 4.